The van der Waals surface area contributed by atoms with Crippen molar-refractivity contribution in [1.82, 2.24) is 0 Å². The van der Waals surface area contributed by atoms with Crippen LogP contribution in [0.5, 0.6) is 0 Å². The summed E-state index contributed by atoms with van der Waals surface area (Å²) in [5.41, 5.74) is 0.866. The Morgan fingerprint density at radius 1 is 1.00 bits per heavy atom. The van der Waals surface area contributed by atoms with Gasteiger partial charge in [-0.3, -0.25) is 4.31 Å². The number of para-hydroxylation sites is 1. The fourth-order valence-corrected chi connectivity index (χ4v) is 2.67. The summed E-state index contributed by atoms with van der Waals surface area (Å²) in [4.78, 5) is 0. The van der Waals surface area contributed by atoms with Crippen LogP contribution in [0.4, 0.5) is 10.1 Å². The van der Waals surface area contributed by atoms with Gasteiger partial charge in [0.15, 0.2) is 0 Å². The highest BCUT2D eigenvalue weighted by Crippen LogP contribution is 2.23. The molecule has 100 valence electrons. The molecule has 0 aromatic heterocycles. The van der Waals surface area contributed by atoms with Crippen molar-refractivity contribution in [2.24, 2.45) is 0 Å². The van der Waals surface area contributed by atoms with Crippen molar-refractivity contribution in [3.63, 3.8) is 0 Å². The molecule has 19 heavy (non-hydrogen) atoms. The van der Waals surface area contributed by atoms with E-state index in [4.69, 9.17) is 0 Å². The third kappa shape index (κ3) is 3.32. The van der Waals surface area contributed by atoms with E-state index in [2.05, 4.69) is 0 Å². The Morgan fingerprint density at radius 2 is 1.58 bits per heavy atom. The van der Waals surface area contributed by atoms with Crippen molar-refractivity contribution >= 4 is 15.7 Å². The molecule has 0 bridgehead atoms. The van der Waals surface area contributed by atoms with Gasteiger partial charge in [-0.05, 0) is 17.7 Å². The minimum atomic E-state index is -3.55. The summed E-state index contributed by atoms with van der Waals surface area (Å²) in [6.45, 7) is 0.112. The molecule has 2 rings (SSSR count). The highest BCUT2D eigenvalue weighted by atomic mass is 32.2. The van der Waals surface area contributed by atoms with Gasteiger partial charge in [-0.15, -0.1) is 0 Å². The first-order valence-electron chi connectivity index (χ1n) is 5.74. The van der Waals surface area contributed by atoms with Crippen LogP contribution in [0.2, 0.25) is 0 Å². The summed E-state index contributed by atoms with van der Waals surface area (Å²) in [6, 6.07) is 14.9. The van der Waals surface area contributed by atoms with Gasteiger partial charge in [-0.1, -0.05) is 42.5 Å². The van der Waals surface area contributed by atoms with Gasteiger partial charge in [0.05, 0.1) is 18.5 Å². The zero-order valence-corrected chi connectivity index (χ0v) is 11.3. The number of anilines is 1. The number of rotatable bonds is 4. The minimum Gasteiger partial charge on any atom is -0.263 e. The molecule has 0 fully saturated rings. The predicted octanol–water partition coefficient (Wildman–Crippen LogP) is 2.79. The topological polar surface area (TPSA) is 37.4 Å². The molecule has 0 radical (unpaired) electrons. The van der Waals surface area contributed by atoms with E-state index in [9.17, 15) is 12.8 Å². The van der Waals surface area contributed by atoms with E-state index in [1.54, 1.807) is 18.2 Å². The van der Waals surface area contributed by atoms with Crippen LogP contribution in [0.3, 0.4) is 0 Å². The normalized spacial score (nSPS) is 11.3. The molecule has 5 heteroatoms. The fraction of sp³-hybridized carbons (Fsp3) is 0.143. The molecule has 2 aromatic rings. The molecule has 2 aromatic carbocycles. The first-order chi connectivity index (χ1) is 8.98. The van der Waals surface area contributed by atoms with Gasteiger partial charge in [0, 0.05) is 0 Å². The van der Waals surface area contributed by atoms with Crippen LogP contribution >= 0.6 is 0 Å². The van der Waals surface area contributed by atoms with Crippen molar-refractivity contribution in [3.8, 4) is 0 Å². The minimum absolute atomic E-state index is 0.0638. The second-order valence-corrected chi connectivity index (χ2v) is 6.11. The van der Waals surface area contributed by atoms with Gasteiger partial charge in [0.25, 0.3) is 0 Å². The SMILES string of the molecule is CS(=O)(=O)N(Cc1ccccc1)c1ccccc1F. The largest absolute Gasteiger partial charge is 0.263 e. The van der Waals surface area contributed by atoms with Crippen LogP contribution in [0.15, 0.2) is 54.6 Å². The van der Waals surface area contributed by atoms with Gasteiger partial charge >= 0.3 is 0 Å². The smallest absolute Gasteiger partial charge is 0.232 e. The molecule has 3 nitrogen and oxygen atoms in total. The van der Waals surface area contributed by atoms with Crippen LogP contribution in [-0.2, 0) is 16.6 Å². The van der Waals surface area contributed by atoms with Gasteiger partial charge in [-0.25, -0.2) is 12.8 Å². The van der Waals surface area contributed by atoms with Crippen LogP contribution in [0, 0.1) is 5.82 Å². The van der Waals surface area contributed by atoms with E-state index in [1.807, 2.05) is 18.2 Å². The van der Waals surface area contributed by atoms with Crippen molar-refractivity contribution in [2.45, 2.75) is 6.54 Å². The maximum absolute atomic E-state index is 13.8. The number of halogens is 1. The maximum Gasteiger partial charge on any atom is 0.232 e. The summed E-state index contributed by atoms with van der Waals surface area (Å²) in [7, 11) is -3.55. The monoisotopic (exact) mass is 279 g/mol. The molecular weight excluding hydrogens is 265 g/mol. The van der Waals surface area contributed by atoms with Crippen molar-refractivity contribution in [2.75, 3.05) is 10.6 Å². The molecule has 0 heterocycles. The standard InChI is InChI=1S/C14H14FNO2S/c1-19(17,18)16(11-12-7-3-2-4-8-12)14-10-6-5-9-13(14)15/h2-10H,11H2,1H3. The Balaban J connectivity index is 2.41. The highest BCUT2D eigenvalue weighted by molar-refractivity contribution is 7.92. The van der Waals surface area contributed by atoms with E-state index in [1.165, 1.54) is 18.2 Å². The van der Waals surface area contributed by atoms with E-state index in [-0.39, 0.29) is 12.2 Å². The summed E-state index contributed by atoms with van der Waals surface area (Å²) >= 11 is 0. The first-order valence-corrected chi connectivity index (χ1v) is 7.59. The molecule has 0 aliphatic rings. The predicted molar refractivity (Wildman–Crippen MR) is 73.9 cm³/mol. The average molecular weight is 279 g/mol. The lowest BCUT2D eigenvalue weighted by molar-refractivity contribution is 0.590. The zero-order valence-electron chi connectivity index (χ0n) is 10.5. The highest BCUT2D eigenvalue weighted by Gasteiger charge is 2.20. The molecular formula is C14H14FNO2S. The Morgan fingerprint density at radius 3 is 2.16 bits per heavy atom. The van der Waals surface area contributed by atoms with Crippen molar-refractivity contribution in [3.05, 3.63) is 66.0 Å². The van der Waals surface area contributed by atoms with Gasteiger partial charge in [0.1, 0.15) is 5.82 Å². The second kappa shape index (κ2) is 5.40. The van der Waals surface area contributed by atoms with Crippen molar-refractivity contribution < 1.29 is 12.8 Å². The van der Waals surface area contributed by atoms with E-state index < -0.39 is 15.8 Å². The lowest BCUT2D eigenvalue weighted by Crippen LogP contribution is -2.30. The second-order valence-electron chi connectivity index (χ2n) is 4.21. The quantitative estimate of drug-likeness (QED) is 0.863. The van der Waals surface area contributed by atoms with E-state index >= 15 is 0 Å². The lowest BCUT2D eigenvalue weighted by Gasteiger charge is -2.22. The third-order valence-electron chi connectivity index (χ3n) is 2.69. The van der Waals surface area contributed by atoms with Gasteiger partial charge < -0.3 is 0 Å². The molecule has 0 aliphatic carbocycles. The average Bonchev–Trinajstić information content (AvgIpc) is 2.37. The third-order valence-corrected chi connectivity index (χ3v) is 3.82. The molecule has 0 saturated carbocycles. The summed E-state index contributed by atoms with van der Waals surface area (Å²) in [5.74, 6) is -0.552. The number of hydrogen-bond donors (Lipinski definition) is 0. The molecule has 0 spiro atoms. The number of sulfonamides is 1. The van der Waals surface area contributed by atoms with Crippen LogP contribution in [0.25, 0.3) is 0 Å². The molecule has 0 aliphatic heterocycles. The fourth-order valence-electron chi connectivity index (χ4n) is 1.78. The summed E-state index contributed by atoms with van der Waals surface area (Å²) in [5, 5.41) is 0. The molecule has 0 saturated heterocycles. The maximum atomic E-state index is 13.8. The first kappa shape index (κ1) is 13.5. The Labute approximate surface area is 112 Å². The Hall–Kier alpha value is -1.88. The molecule has 0 amide bonds. The van der Waals surface area contributed by atoms with Crippen LogP contribution < -0.4 is 4.31 Å². The molecule has 0 unspecified atom stereocenters. The van der Waals surface area contributed by atoms with E-state index in [0.29, 0.717) is 0 Å². The van der Waals surface area contributed by atoms with Crippen molar-refractivity contribution in [1.29, 1.82) is 0 Å². The number of hydrogen-bond acceptors (Lipinski definition) is 2. The van der Waals surface area contributed by atoms with Gasteiger partial charge in [-0.2, -0.15) is 0 Å². The summed E-state index contributed by atoms with van der Waals surface area (Å²) in [6.07, 6.45) is 1.07. The zero-order chi connectivity index (χ0) is 13.9. The lowest BCUT2D eigenvalue weighted by atomic mass is 10.2. The Kier molecular flexibility index (Phi) is 3.85. The number of benzene rings is 2. The van der Waals surface area contributed by atoms with Crippen LogP contribution in [0.1, 0.15) is 5.56 Å². The van der Waals surface area contributed by atoms with Crippen LogP contribution in [-0.4, -0.2) is 14.7 Å². The van der Waals surface area contributed by atoms with E-state index in [0.717, 1.165) is 16.1 Å². The van der Waals surface area contributed by atoms with Gasteiger partial charge in [0.2, 0.25) is 10.0 Å². The molecule has 0 N–H and O–H groups in total. The number of nitrogens with zero attached hydrogens (tertiary/aromatic N) is 1. The molecule has 0 atom stereocenters. The summed E-state index contributed by atoms with van der Waals surface area (Å²) < 4.78 is 38.5. The Bertz CT molecular complexity index is 656.